The summed E-state index contributed by atoms with van der Waals surface area (Å²) in [4.78, 5) is 41.6. The second-order valence-corrected chi connectivity index (χ2v) is 15.9. The average Bonchev–Trinajstić information content (AvgIpc) is 3.63. The van der Waals surface area contributed by atoms with Crippen LogP contribution in [-0.2, 0) is 23.9 Å². The van der Waals surface area contributed by atoms with E-state index in [4.69, 9.17) is 9.47 Å². The second kappa shape index (κ2) is 16.8. The minimum atomic E-state index is -2.17. The molecular formula is C41H64O8. The van der Waals surface area contributed by atoms with Crippen LogP contribution in [0.4, 0.5) is 0 Å². The average molecular weight is 685 g/mol. The summed E-state index contributed by atoms with van der Waals surface area (Å²) >= 11 is 0. The van der Waals surface area contributed by atoms with Crippen LogP contribution in [0.1, 0.15) is 138 Å². The van der Waals surface area contributed by atoms with E-state index >= 15 is 0 Å². The Hall–Kier alpha value is -2.29. The van der Waals surface area contributed by atoms with E-state index in [1.807, 2.05) is 13.8 Å². The number of ether oxygens (including phenoxy) is 2. The number of allylic oxidation sites excluding steroid dienone is 2. The van der Waals surface area contributed by atoms with Crippen LogP contribution >= 0.6 is 0 Å². The number of unbranched alkanes of at least 4 members (excludes halogenated alkanes) is 12. The fourth-order valence-corrected chi connectivity index (χ4v) is 9.58. The van der Waals surface area contributed by atoms with Gasteiger partial charge in [-0.15, -0.1) is 0 Å². The third kappa shape index (κ3) is 7.53. The molecule has 1 spiro atoms. The Morgan fingerprint density at radius 3 is 2.04 bits per heavy atom. The molecule has 9 atom stereocenters. The third-order valence-electron chi connectivity index (χ3n) is 12.7. The topological polar surface area (TPSA) is 130 Å². The largest absolute Gasteiger partial charge is 0.455 e. The van der Waals surface area contributed by atoms with E-state index in [1.165, 1.54) is 57.8 Å². The number of Topliss-reactive ketones (excluding diaryl/α,β-unsaturated/α-hetero) is 1. The van der Waals surface area contributed by atoms with Gasteiger partial charge in [0, 0.05) is 24.5 Å². The lowest BCUT2D eigenvalue weighted by Crippen LogP contribution is -2.66. The van der Waals surface area contributed by atoms with Crippen molar-refractivity contribution in [2.24, 2.45) is 34.5 Å². The van der Waals surface area contributed by atoms with Crippen molar-refractivity contribution in [3.05, 3.63) is 34.9 Å². The third-order valence-corrected chi connectivity index (χ3v) is 12.7. The van der Waals surface area contributed by atoms with Gasteiger partial charge in [0.1, 0.15) is 0 Å². The molecule has 4 aliphatic carbocycles. The maximum Gasteiger partial charge on any atom is 0.334 e. The molecule has 2 fully saturated rings. The van der Waals surface area contributed by atoms with Gasteiger partial charge in [-0.2, -0.15) is 0 Å². The lowest BCUT2D eigenvalue weighted by atomic mass is 9.59. The monoisotopic (exact) mass is 684 g/mol. The van der Waals surface area contributed by atoms with Crippen molar-refractivity contribution in [1.82, 2.24) is 0 Å². The molecule has 0 aliphatic heterocycles. The summed E-state index contributed by atoms with van der Waals surface area (Å²) in [6.07, 6.45) is 18.6. The molecule has 0 unspecified atom stereocenters. The maximum atomic E-state index is 14.9. The first-order valence-electron chi connectivity index (χ1n) is 19.3. The summed E-state index contributed by atoms with van der Waals surface area (Å²) in [7, 11) is 0. The number of carbonyl (C=O) groups is 3. The summed E-state index contributed by atoms with van der Waals surface area (Å²) in [5.74, 6) is -2.68. The minimum absolute atomic E-state index is 0.0384. The van der Waals surface area contributed by atoms with E-state index in [1.54, 1.807) is 39.0 Å². The van der Waals surface area contributed by atoms with Gasteiger partial charge >= 0.3 is 11.9 Å². The predicted octanol–water partition coefficient (Wildman–Crippen LogP) is 7.34. The number of hydrogen-bond donors (Lipinski definition) is 3. The highest BCUT2D eigenvalue weighted by Gasteiger charge is 2.78. The molecule has 276 valence electrons. The quantitative estimate of drug-likeness (QED) is 0.0558. The van der Waals surface area contributed by atoms with Gasteiger partial charge in [-0.05, 0) is 67.9 Å². The Kier molecular flexibility index (Phi) is 13.6. The van der Waals surface area contributed by atoms with Crippen LogP contribution in [0, 0.1) is 34.5 Å². The molecule has 0 heterocycles. The van der Waals surface area contributed by atoms with Gasteiger partial charge in [-0.3, -0.25) is 9.59 Å². The van der Waals surface area contributed by atoms with Crippen LogP contribution in [-0.4, -0.2) is 64.1 Å². The number of hydrogen-bond acceptors (Lipinski definition) is 8. The summed E-state index contributed by atoms with van der Waals surface area (Å²) in [5, 5.41) is 34.2. The zero-order valence-electron chi connectivity index (χ0n) is 31.1. The van der Waals surface area contributed by atoms with E-state index < -0.39 is 59.0 Å². The molecule has 0 aromatic rings. The molecule has 49 heavy (non-hydrogen) atoms. The fraction of sp³-hybridized carbons (Fsp3) is 0.780. The Balaban J connectivity index is 1.48. The molecule has 2 bridgehead atoms. The van der Waals surface area contributed by atoms with Gasteiger partial charge in [0.05, 0.1) is 12.0 Å². The zero-order valence-corrected chi connectivity index (χ0v) is 31.1. The first-order chi connectivity index (χ1) is 23.4. The van der Waals surface area contributed by atoms with Crippen molar-refractivity contribution in [2.75, 3.05) is 13.2 Å². The normalized spacial score (nSPS) is 35.0. The van der Waals surface area contributed by atoms with Crippen molar-refractivity contribution in [3.8, 4) is 0 Å². The van der Waals surface area contributed by atoms with E-state index in [2.05, 4.69) is 6.92 Å². The maximum absolute atomic E-state index is 14.9. The van der Waals surface area contributed by atoms with Crippen LogP contribution in [0.2, 0.25) is 0 Å². The Bertz CT molecular complexity index is 1280. The summed E-state index contributed by atoms with van der Waals surface area (Å²) < 4.78 is 12.2. The van der Waals surface area contributed by atoms with Gasteiger partial charge < -0.3 is 24.8 Å². The standard InChI is InChI=1S/C41H64O8/c1-7-9-10-11-12-13-14-15-16-17-18-19-20-21-33(44)48-36-28(4)24-40-29(5)22-32-34(39(32,6)26-43)31(35(40)45)23-30(25-42)37(41(36,40)47)49-38(46)27(3)8-2/h8,23-24,29,31-32,34,36-37,42-43,47H,7,9-22,25-26H2,1-6H3/b27-8-/t29-,31+,32-,34+,36+,37-,39-,40+,41-/m1/s1. The Morgan fingerprint density at radius 1 is 0.939 bits per heavy atom. The number of carbonyl (C=O) groups excluding carboxylic acids is 3. The van der Waals surface area contributed by atoms with Crippen molar-refractivity contribution in [2.45, 2.75) is 156 Å². The van der Waals surface area contributed by atoms with Gasteiger partial charge in [0.25, 0.3) is 0 Å². The molecule has 4 rings (SSSR count). The van der Waals surface area contributed by atoms with Gasteiger partial charge in [0.15, 0.2) is 23.6 Å². The van der Waals surface area contributed by atoms with Crippen molar-refractivity contribution < 1.29 is 39.2 Å². The first kappa shape index (κ1) is 39.5. The Morgan fingerprint density at radius 2 is 1.51 bits per heavy atom. The molecular weight excluding hydrogens is 620 g/mol. The highest BCUT2D eigenvalue weighted by Crippen LogP contribution is 2.72. The van der Waals surface area contributed by atoms with E-state index in [0.29, 0.717) is 24.0 Å². The van der Waals surface area contributed by atoms with E-state index in [-0.39, 0.29) is 36.2 Å². The molecule has 0 amide bonds. The van der Waals surface area contributed by atoms with E-state index in [0.717, 1.165) is 19.3 Å². The van der Waals surface area contributed by atoms with Gasteiger partial charge in [0.2, 0.25) is 0 Å². The van der Waals surface area contributed by atoms with Gasteiger partial charge in [-0.25, -0.2) is 4.79 Å². The zero-order chi connectivity index (χ0) is 36.0. The summed E-state index contributed by atoms with van der Waals surface area (Å²) in [5.41, 5.74) is -3.12. The molecule has 3 N–H and O–H groups in total. The van der Waals surface area contributed by atoms with Crippen molar-refractivity contribution in [1.29, 1.82) is 0 Å². The van der Waals surface area contributed by atoms with E-state index in [9.17, 15) is 29.7 Å². The molecule has 0 aromatic heterocycles. The number of ketones is 1. The molecule has 8 heteroatoms. The number of rotatable bonds is 19. The van der Waals surface area contributed by atoms with Crippen LogP contribution in [0.3, 0.4) is 0 Å². The second-order valence-electron chi connectivity index (χ2n) is 15.9. The molecule has 2 saturated carbocycles. The van der Waals surface area contributed by atoms with Crippen LogP contribution < -0.4 is 0 Å². The first-order valence-corrected chi connectivity index (χ1v) is 19.3. The number of fused-ring (bicyclic) bond motifs is 3. The van der Waals surface area contributed by atoms with Crippen LogP contribution in [0.15, 0.2) is 34.9 Å². The number of esters is 2. The fourth-order valence-electron chi connectivity index (χ4n) is 9.58. The lowest BCUT2D eigenvalue weighted by Gasteiger charge is -2.49. The molecule has 4 aliphatic rings. The lowest BCUT2D eigenvalue weighted by molar-refractivity contribution is -0.211. The molecule has 0 radical (unpaired) electrons. The Labute approximate surface area is 294 Å². The highest BCUT2D eigenvalue weighted by atomic mass is 16.6. The minimum Gasteiger partial charge on any atom is -0.455 e. The van der Waals surface area contributed by atoms with Crippen molar-refractivity contribution in [3.63, 3.8) is 0 Å². The summed E-state index contributed by atoms with van der Waals surface area (Å²) in [6, 6.07) is 0. The SMILES string of the molecule is C/C=C(/C)C(=O)O[C@@H]1C(CO)=C[C@@H]2C(=O)[C@]3(C=C(C)[C@H](OC(=O)CCCCCCCCCCCCCCC)[C@@]13O)[C@H](C)C[C@@H]1[C@H]2[C@]1(C)CO. The number of aliphatic hydroxyl groups excluding tert-OH is 2. The predicted molar refractivity (Wildman–Crippen MR) is 190 cm³/mol. The molecule has 8 nitrogen and oxygen atoms in total. The number of aliphatic hydroxyl groups is 3. The summed E-state index contributed by atoms with van der Waals surface area (Å²) in [6.45, 7) is 10.6. The highest BCUT2D eigenvalue weighted by molar-refractivity contribution is 5.96. The van der Waals surface area contributed by atoms with Crippen LogP contribution in [0.25, 0.3) is 0 Å². The molecule has 0 aromatic carbocycles. The molecule has 0 saturated heterocycles. The smallest absolute Gasteiger partial charge is 0.334 e. The van der Waals surface area contributed by atoms with Gasteiger partial charge in [-0.1, -0.05) is 116 Å². The van der Waals surface area contributed by atoms with Crippen LogP contribution in [0.5, 0.6) is 0 Å². The van der Waals surface area contributed by atoms with Crippen molar-refractivity contribution >= 4 is 17.7 Å².